The zero-order valence-electron chi connectivity index (χ0n) is 23.3. The van der Waals surface area contributed by atoms with Crippen molar-refractivity contribution in [1.82, 2.24) is 5.32 Å². The van der Waals surface area contributed by atoms with Crippen LogP contribution in [-0.2, 0) is 18.4 Å². The number of aliphatic hydroxyl groups is 1. The van der Waals surface area contributed by atoms with Gasteiger partial charge in [0.2, 0.25) is 5.91 Å². The Morgan fingerprint density at radius 1 is 0.886 bits per heavy atom. The van der Waals surface area contributed by atoms with E-state index in [4.69, 9.17) is 9.05 Å². The lowest BCUT2D eigenvalue weighted by atomic mass is 10.0. The van der Waals surface area contributed by atoms with E-state index in [0.29, 0.717) is 23.9 Å². The first-order chi connectivity index (χ1) is 16.5. The summed E-state index contributed by atoms with van der Waals surface area (Å²) in [4.78, 5) is 24.6. The number of aliphatic hydroxyl groups excluding tert-OH is 1. The van der Waals surface area contributed by atoms with Crippen molar-refractivity contribution in [3.05, 3.63) is 0 Å². The molecule has 0 aromatic carbocycles. The van der Waals surface area contributed by atoms with Crippen LogP contribution in [0.4, 0.5) is 0 Å². The summed E-state index contributed by atoms with van der Waals surface area (Å²) < 4.78 is 22.8. The molecule has 3 atom stereocenters. The minimum atomic E-state index is -4.52. The standard InChI is InChI=1S/C26H55N2O6P/c1-6-8-10-12-13-14-16-17-19-25(29)24(27-26(30)20-18-15-11-9-7-2)23-34-35(31,32)33-22-21-28(3,4)5/h24-25,29H,6-23H2,1-5H3,(H-,27,30,31,32). The van der Waals surface area contributed by atoms with Crippen LogP contribution in [0, 0.1) is 0 Å². The van der Waals surface area contributed by atoms with Crippen LogP contribution in [0.3, 0.4) is 0 Å². The number of likely N-dealkylation sites (N-methyl/N-ethyl adjacent to an activating group) is 1. The largest absolute Gasteiger partial charge is 0.756 e. The first-order valence-electron chi connectivity index (χ1n) is 13.9. The van der Waals surface area contributed by atoms with Crippen molar-refractivity contribution in [2.24, 2.45) is 0 Å². The molecular weight excluding hydrogens is 467 g/mol. The lowest BCUT2D eigenvalue weighted by Crippen LogP contribution is -2.46. The molecule has 0 aliphatic heterocycles. The molecule has 0 spiro atoms. The van der Waals surface area contributed by atoms with Gasteiger partial charge in [0, 0.05) is 6.42 Å². The zero-order chi connectivity index (χ0) is 26.6. The SMILES string of the molecule is CCCCCCCCCCC(O)C(COP(=O)([O-])OCC[N+](C)(C)C)NC(=O)CCCCCCC. The number of nitrogens with zero attached hydrogens (tertiary/aromatic N) is 1. The number of carbonyl (C=O) groups is 1. The van der Waals surface area contributed by atoms with Gasteiger partial charge in [0.05, 0.1) is 39.9 Å². The predicted molar refractivity (Wildman–Crippen MR) is 141 cm³/mol. The zero-order valence-corrected chi connectivity index (χ0v) is 24.2. The van der Waals surface area contributed by atoms with Crippen molar-refractivity contribution in [1.29, 1.82) is 0 Å². The average molecular weight is 523 g/mol. The average Bonchev–Trinajstić information content (AvgIpc) is 2.77. The third-order valence-electron chi connectivity index (χ3n) is 6.10. The van der Waals surface area contributed by atoms with Crippen molar-refractivity contribution in [2.45, 2.75) is 122 Å². The molecule has 0 radical (unpaired) electrons. The number of rotatable bonds is 24. The first kappa shape index (κ1) is 34.5. The molecule has 1 amide bonds. The molecule has 0 aromatic rings. The van der Waals surface area contributed by atoms with E-state index < -0.39 is 20.0 Å². The Kier molecular flexibility index (Phi) is 20.3. The van der Waals surface area contributed by atoms with E-state index in [1.165, 1.54) is 32.1 Å². The molecule has 210 valence electrons. The first-order valence-corrected chi connectivity index (χ1v) is 15.3. The van der Waals surface area contributed by atoms with Crippen LogP contribution in [0.25, 0.3) is 0 Å². The molecule has 8 nitrogen and oxygen atoms in total. The summed E-state index contributed by atoms with van der Waals surface area (Å²) in [5.41, 5.74) is 0. The Labute approximate surface area is 215 Å². The normalized spacial score (nSPS) is 15.5. The van der Waals surface area contributed by atoms with E-state index in [2.05, 4.69) is 19.2 Å². The summed E-state index contributed by atoms with van der Waals surface area (Å²) >= 11 is 0. The van der Waals surface area contributed by atoms with Gasteiger partial charge in [0.15, 0.2) is 0 Å². The van der Waals surface area contributed by atoms with Crippen LogP contribution < -0.4 is 10.2 Å². The lowest BCUT2D eigenvalue weighted by molar-refractivity contribution is -0.870. The van der Waals surface area contributed by atoms with Gasteiger partial charge in [-0.15, -0.1) is 0 Å². The predicted octanol–water partition coefficient (Wildman–Crippen LogP) is 4.93. The summed E-state index contributed by atoms with van der Waals surface area (Å²) in [5, 5.41) is 13.5. The minimum absolute atomic E-state index is 0.0138. The third kappa shape index (κ3) is 22.4. The molecule has 2 N–H and O–H groups in total. The van der Waals surface area contributed by atoms with Crippen LogP contribution in [0.2, 0.25) is 0 Å². The van der Waals surface area contributed by atoms with Gasteiger partial charge in [0.1, 0.15) is 13.2 Å². The summed E-state index contributed by atoms with van der Waals surface area (Å²) in [7, 11) is 1.30. The van der Waals surface area contributed by atoms with Crippen LogP contribution >= 0.6 is 7.82 Å². The number of nitrogens with one attached hydrogen (secondary N) is 1. The molecule has 0 rings (SSSR count). The maximum Gasteiger partial charge on any atom is 0.268 e. The second-order valence-corrected chi connectivity index (χ2v) is 12.2. The number of phosphoric ester groups is 1. The summed E-state index contributed by atoms with van der Waals surface area (Å²) in [6.07, 6.45) is 14.3. The van der Waals surface area contributed by atoms with Crippen molar-refractivity contribution in [2.75, 3.05) is 40.9 Å². The van der Waals surface area contributed by atoms with Gasteiger partial charge in [-0.2, -0.15) is 0 Å². The van der Waals surface area contributed by atoms with Crippen molar-refractivity contribution in [3.8, 4) is 0 Å². The van der Waals surface area contributed by atoms with Gasteiger partial charge in [-0.3, -0.25) is 9.36 Å². The fraction of sp³-hybridized carbons (Fsp3) is 0.962. The number of carbonyl (C=O) groups excluding carboxylic acids is 1. The van der Waals surface area contributed by atoms with E-state index in [1.807, 2.05) is 21.1 Å². The Morgan fingerprint density at radius 2 is 1.40 bits per heavy atom. The highest BCUT2D eigenvalue weighted by molar-refractivity contribution is 7.45. The Bertz CT molecular complexity index is 571. The quantitative estimate of drug-likeness (QED) is 0.106. The molecule has 0 heterocycles. The van der Waals surface area contributed by atoms with Crippen LogP contribution in [0.15, 0.2) is 0 Å². The molecule has 0 bridgehead atoms. The number of hydrogen-bond acceptors (Lipinski definition) is 6. The van der Waals surface area contributed by atoms with Gasteiger partial charge in [-0.25, -0.2) is 0 Å². The van der Waals surface area contributed by atoms with E-state index in [1.54, 1.807) is 0 Å². The highest BCUT2D eigenvalue weighted by Crippen LogP contribution is 2.38. The van der Waals surface area contributed by atoms with Crippen LogP contribution in [-0.4, -0.2) is 68.5 Å². The van der Waals surface area contributed by atoms with Crippen LogP contribution in [0.5, 0.6) is 0 Å². The van der Waals surface area contributed by atoms with Crippen LogP contribution in [0.1, 0.15) is 110 Å². The molecule has 0 saturated carbocycles. The second-order valence-electron chi connectivity index (χ2n) is 10.8. The molecular formula is C26H55N2O6P. The molecule has 0 saturated heterocycles. The van der Waals surface area contributed by atoms with E-state index >= 15 is 0 Å². The molecule has 35 heavy (non-hydrogen) atoms. The lowest BCUT2D eigenvalue weighted by Gasteiger charge is -2.30. The fourth-order valence-corrected chi connectivity index (χ4v) is 4.46. The summed E-state index contributed by atoms with van der Waals surface area (Å²) in [5.74, 6) is -0.184. The maximum absolute atomic E-state index is 12.4. The van der Waals surface area contributed by atoms with Crippen molar-refractivity contribution < 1.29 is 32.9 Å². The number of hydrogen-bond donors (Lipinski definition) is 2. The molecule has 9 heteroatoms. The molecule has 0 fully saturated rings. The molecule has 3 unspecified atom stereocenters. The van der Waals surface area contributed by atoms with Gasteiger partial charge in [-0.05, 0) is 12.8 Å². The van der Waals surface area contributed by atoms with Gasteiger partial charge in [0.25, 0.3) is 7.82 Å². The van der Waals surface area contributed by atoms with Crippen molar-refractivity contribution >= 4 is 13.7 Å². The Balaban J connectivity index is 4.63. The van der Waals surface area contributed by atoms with Gasteiger partial charge < -0.3 is 28.8 Å². The number of quaternary nitrogens is 1. The highest BCUT2D eigenvalue weighted by Gasteiger charge is 2.24. The van der Waals surface area contributed by atoms with E-state index in [0.717, 1.165) is 51.4 Å². The monoisotopic (exact) mass is 522 g/mol. The number of unbranched alkanes of at least 4 members (excludes halogenated alkanes) is 11. The smallest absolute Gasteiger partial charge is 0.268 e. The summed E-state index contributed by atoms with van der Waals surface area (Å²) in [6, 6.07) is -0.785. The third-order valence-corrected chi connectivity index (χ3v) is 7.06. The number of phosphoric acid groups is 1. The Morgan fingerprint density at radius 3 is 1.94 bits per heavy atom. The second kappa shape index (κ2) is 20.5. The van der Waals surface area contributed by atoms with Crippen molar-refractivity contribution in [3.63, 3.8) is 0 Å². The minimum Gasteiger partial charge on any atom is -0.756 e. The van der Waals surface area contributed by atoms with Gasteiger partial charge >= 0.3 is 0 Å². The topological polar surface area (TPSA) is 108 Å². The molecule has 0 aliphatic carbocycles. The van der Waals surface area contributed by atoms with E-state index in [-0.39, 0.29) is 19.1 Å². The Hall–Kier alpha value is -0.500. The highest BCUT2D eigenvalue weighted by atomic mass is 31.2. The number of amides is 1. The fourth-order valence-electron chi connectivity index (χ4n) is 3.74. The molecule has 0 aromatic heterocycles. The van der Waals surface area contributed by atoms with Gasteiger partial charge in [-0.1, -0.05) is 90.9 Å². The summed E-state index contributed by atoms with van der Waals surface area (Å²) in [6.45, 7) is 4.54. The molecule has 0 aliphatic rings. The maximum atomic E-state index is 12.4. The van der Waals surface area contributed by atoms with E-state index in [9.17, 15) is 19.4 Å².